The Morgan fingerprint density at radius 2 is 1.73 bits per heavy atom. The van der Waals surface area contributed by atoms with Crippen molar-refractivity contribution in [2.75, 3.05) is 14.1 Å². The Morgan fingerprint density at radius 1 is 1.27 bits per heavy atom. The van der Waals surface area contributed by atoms with E-state index in [9.17, 15) is 9.59 Å². The van der Waals surface area contributed by atoms with Gasteiger partial charge in [-0.1, -0.05) is 6.92 Å². The number of hydrogen-bond acceptors (Lipinski definition) is 3. The normalized spacial score (nSPS) is 13.2. The van der Waals surface area contributed by atoms with Gasteiger partial charge in [0.2, 0.25) is 5.91 Å². The van der Waals surface area contributed by atoms with Gasteiger partial charge < -0.3 is 9.64 Å². The van der Waals surface area contributed by atoms with E-state index in [1.54, 1.807) is 21.0 Å². The minimum atomic E-state index is -0.488. The van der Waals surface area contributed by atoms with E-state index in [1.165, 1.54) is 4.90 Å². The summed E-state index contributed by atoms with van der Waals surface area (Å²) >= 11 is 0. The Labute approximate surface area is 91.6 Å². The van der Waals surface area contributed by atoms with Crippen LogP contribution in [-0.4, -0.2) is 36.5 Å². The summed E-state index contributed by atoms with van der Waals surface area (Å²) in [5.74, 6) is -0.707. The Morgan fingerprint density at radius 3 is 2.07 bits per heavy atom. The average Bonchev–Trinajstić information content (AvgIpc) is 1.98. The lowest BCUT2D eigenvalue weighted by molar-refractivity contribution is -0.157. The second kappa shape index (κ2) is 5.14. The number of amides is 1. The molecule has 15 heavy (non-hydrogen) atoms. The fourth-order valence-electron chi connectivity index (χ4n) is 1.16. The van der Waals surface area contributed by atoms with Crippen molar-refractivity contribution >= 4 is 11.9 Å². The van der Waals surface area contributed by atoms with Crippen LogP contribution in [0.5, 0.6) is 0 Å². The predicted octanol–water partition coefficient (Wildman–Crippen LogP) is 1.44. The first kappa shape index (κ1) is 13.9. The van der Waals surface area contributed by atoms with Gasteiger partial charge >= 0.3 is 5.97 Å². The van der Waals surface area contributed by atoms with Gasteiger partial charge in [0.25, 0.3) is 0 Å². The summed E-state index contributed by atoms with van der Waals surface area (Å²) < 4.78 is 5.13. The Bertz CT molecular complexity index is 241. The third kappa shape index (κ3) is 6.10. The van der Waals surface area contributed by atoms with Gasteiger partial charge in [0, 0.05) is 20.0 Å². The van der Waals surface area contributed by atoms with Gasteiger partial charge in [0.1, 0.15) is 5.60 Å². The van der Waals surface area contributed by atoms with Crippen molar-refractivity contribution < 1.29 is 14.3 Å². The molecule has 1 atom stereocenters. The van der Waals surface area contributed by atoms with Crippen LogP contribution in [0.2, 0.25) is 0 Å². The van der Waals surface area contributed by atoms with Crippen LogP contribution in [0.1, 0.15) is 34.1 Å². The molecule has 0 N–H and O–H groups in total. The second-order valence-corrected chi connectivity index (χ2v) is 4.92. The molecule has 0 heterocycles. The maximum atomic E-state index is 11.5. The largest absolute Gasteiger partial charge is 0.460 e. The van der Waals surface area contributed by atoms with Crippen LogP contribution in [0.25, 0.3) is 0 Å². The fourth-order valence-corrected chi connectivity index (χ4v) is 1.16. The van der Waals surface area contributed by atoms with Gasteiger partial charge in [-0.2, -0.15) is 0 Å². The molecule has 0 aromatic rings. The summed E-state index contributed by atoms with van der Waals surface area (Å²) in [6.07, 6.45) is 0.133. The van der Waals surface area contributed by atoms with E-state index in [0.717, 1.165) is 0 Å². The zero-order valence-electron chi connectivity index (χ0n) is 10.5. The van der Waals surface area contributed by atoms with E-state index in [4.69, 9.17) is 4.74 Å². The van der Waals surface area contributed by atoms with Crippen molar-refractivity contribution in [3.05, 3.63) is 0 Å². The molecule has 0 aliphatic carbocycles. The van der Waals surface area contributed by atoms with E-state index < -0.39 is 5.60 Å². The second-order valence-electron chi connectivity index (χ2n) is 4.92. The fraction of sp³-hybridized carbons (Fsp3) is 0.818. The van der Waals surface area contributed by atoms with E-state index in [2.05, 4.69) is 0 Å². The minimum Gasteiger partial charge on any atom is -0.460 e. The van der Waals surface area contributed by atoms with Gasteiger partial charge in [-0.3, -0.25) is 9.59 Å². The van der Waals surface area contributed by atoms with Crippen LogP contribution < -0.4 is 0 Å². The van der Waals surface area contributed by atoms with E-state index in [-0.39, 0.29) is 24.2 Å². The summed E-state index contributed by atoms with van der Waals surface area (Å²) in [4.78, 5) is 24.3. The number of esters is 1. The van der Waals surface area contributed by atoms with Crippen molar-refractivity contribution in [2.45, 2.75) is 39.7 Å². The molecule has 1 amide bonds. The quantitative estimate of drug-likeness (QED) is 0.669. The van der Waals surface area contributed by atoms with Crippen molar-refractivity contribution in [1.82, 2.24) is 4.90 Å². The molecule has 0 fully saturated rings. The van der Waals surface area contributed by atoms with Gasteiger partial charge in [-0.05, 0) is 20.8 Å². The van der Waals surface area contributed by atoms with Crippen LogP contribution >= 0.6 is 0 Å². The number of carbonyl (C=O) groups is 2. The molecule has 4 heteroatoms. The molecule has 0 aliphatic heterocycles. The molecule has 88 valence electrons. The molecule has 0 aromatic heterocycles. The Hall–Kier alpha value is -1.06. The summed E-state index contributed by atoms with van der Waals surface area (Å²) in [7, 11) is 3.35. The highest BCUT2D eigenvalue weighted by Crippen LogP contribution is 2.12. The third-order valence-electron chi connectivity index (χ3n) is 1.76. The highest BCUT2D eigenvalue weighted by molar-refractivity contribution is 5.83. The lowest BCUT2D eigenvalue weighted by Crippen LogP contribution is -2.31. The predicted molar refractivity (Wildman–Crippen MR) is 58.3 cm³/mol. The van der Waals surface area contributed by atoms with Crippen LogP contribution in [0, 0.1) is 5.92 Å². The molecule has 0 aromatic carbocycles. The van der Waals surface area contributed by atoms with Crippen LogP contribution in [0.3, 0.4) is 0 Å². The molecular weight excluding hydrogens is 194 g/mol. The first-order valence-electron chi connectivity index (χ1n) is 5.06. The molecule has 4 nitrogen and oxygen atoms in total. The van der Waals surface area contributed by atoms with Gasteiger partial charge in [-0.15, -0.1) is 0 Å². The summed E-state index contributed by atoms with van der Waals surface area (Å²) in [6.45, 7) is 7.16. The number of carbonyl (C=O) groups excluding carboxylic acids is 2. The standard InChI is InChI=1S/C11H21NO3/c1-8(10(14)12(5)6)7-9(13)15-11(2,3)4/h8H,7H2,1-6H3/t8-/m1/s1. The summed E-state index contributed by atoms with van der Waals surface area (Å²) in [5.41, 5.74) is -0.488. The summed E-state index contributed by atoms with van der Waals surface area (Å²) in [5, 5.41) is 0. The molecule has 0 saturated heterocycles. The van der Waals surface area contributed by atoms with Crippen LogP contribution in [0.15, 0.2) is 0 Å². The van der Waals surface area contributed by atoms with E-state index in [1.807, 2.05) is 20.8 Å². The maximum absolute atomic E-state index is 11.5. The van der Waals surface area contributed by atoms with Gasteiger partial charge in [0.05, 0.1) is 6.42 Å². The van der Waals surface area contributed by atoms with Crippen molar-refractivity contribution in [2.24, 2.45) is 5.92 Å². The zero-order chi connectivity index (χ0) is 12.2. The number of hydrogen-bond donors (Lipinski definition) is 0. The monoisotopic (exact) mass is 215 g/mol. The molecule has 0 bridgehead atoms. The first-order valence-corrected chi connectivity index (χ1v) is 5.06. The number of nitrogens with zero attached hydrogens (tertiary/aromatic N) is 1. The molecule has 0 aliphatic rings. The van der Waals surface area contributed by atoms with Crippen molar-refractivity contribution in [3.8, 4) is 0 Å². The minimum absolute atomic E-state index is 0.0548. The molecular formula is C11H21NO3. The highest BCUT2D eigenvalue weighted by Gasteiger charge is 2.22. The summed E-state index contributed by atoms with van der Waals surface area (Å²) in [6, 6.07) is 0. The topological polar surface area (TPSA) is 46.6 Å². The first-order chi connectivity index (χ1) is 6.63. The Balaban J connectivity index is 4.14. The third-order valence-corrected chi connectivity index (χ3v) is 1.76. The van der Waals surface area contributed by atoms with E-state index >= 15 is 0 Å². The molecule has 0 radical (unpaired) electrons. The van der Waals surface area contributed by atoms with Crippen molar-refractivity contribution in [3.63, 3.8) is 0 Å². The van der Waals surface area contributed by atoms with Gasteiger partial charge in [0.15, 0.2) is 0 Å². The number of ether oxygens (including phenoxy) is 1. The molecule has 0 rings (SSSR count). The molecule has 0 unspecified atom stereocenters. The van der Waals surface area contributed by atoms with Crippen molar-refractivity contribution in [1.29, 1.82) is 0 Å². The number of rotatable bonds is 3. The highest BCUT2D eigenvalue weighted by atomic mass is 16.6. The zero-order valence-corrected chi connectivity index (χ0v) is 10.5. The molecule has 0 saturated carbocycles. The molecule has 0 spiro atoms. The Kier molecular flexibility index (Phi) is 4.78. The smallest absolute Gasteiger partial charge is 0.307 e. The van der Waals surface area contributed by atoms with Gasteiger partial charge in [-0.25, -0.2) is 0 Å². The SMILES string of the molecule is C[C@H](CC(=O)OC(C)(C)C)C(=O)N(C)C. The average molecular weight is 215 g/mol. The maximum Gasteiger partial charge on any atom is 0.307 e. The van der Waals surface area contributed by atoms with Crippen LogP contribution in [-0.2, 0) is 14.3 Å². The van der Waals surface area contributed by atoms with Crippen LogP contribution in [0.4, 0.5) is 0 Å². The lowest BCUT2D eigenvalue weighted by atomic mass is 10.1. The van der Waals surface area contributed by atoms with E-state index in [0.29, 0.717) is 0 Å². The lowest BCUT2D eigenvalue weighted by Gasteiger charge is -2.21.